The Morgan fingerprint density at radius 3 is 2.55 bits per heavy atom. The Morgan fingerprint density at radius 1 is 1.20 bits per heavy atom. The Labute approximate surface area is 115 Å². The highest BCUT2D eigenvalue weighted by Crippen LogP contribution is 2.53. The van der Waals surface area contributed by atoms with Gasteiger partial charge in [-0.05, 0) is 49.3 Å². The zero-order valence-corrected chi connectivity index (χ0v) is 11.0. The summed E-state index contributed by atoms with van der Waals surface area (Å²) in [5, 5.41) is 8.79. The number of benzene rings is 1. The molecule has 0 amide bonds. The average molecular weight is 280 g/mol. The van der Waals surface area contributed by atoms with Crippen molar-refractivity contribution in [3.05, 3.63) is 29.3 Å². The van der Waals surface area contributed by atoms with Crippen molar-refractivity contribution in [3.63, 3.8) is 0 Å². The van der Waals surface area contributed by atoms with Gasteiger partial charge in [0.25, 0.3) is 0 Å². The maximum atomic E-state index is 13.2. The van der Waals surface area contributed by atoms with Crippen LogP contribution in [0, 0.1) is 16.7 Å². The van der Waals surface area contributed by atoms with Gasteiger partial charge in [-0.1, -0.05) is 0 Å². The molecule has 5 heteroatoms. The third-order valence-corrected chi connectivity index (χ3v) is 4.39. The number of anilines is 1. The van der Waals surface area contributed by atoms with Gasteiger partial charge in [0.15, 0.2) is 0 Å². The van der Waals surface area contributed by atoms with Crippen LogP contribution in [0.5, 0.6) is 0 Å². The molecule has 1 aliphatic heterocycles. The van der Waals surface area contributed by atoms with E-state index >= 15 is 0 Å². The first-order chi connectivity index (χ1) is 9.43. The Kier molecular flexibility index (Phi) is 2.93. The fourth-order valence-corrected chi connectivity index (χ4v) is 3.11. The smallest absolute Gasteiger partial charge is 0.370 e. The summed E-state index contributed by atoms with van der Waals surface area (Å²) in [5.74, 6) is 0. The van der Waals surface area contributed by atoms with Crippen LogP contribution in [0.2, 0.25) is 0 Å². The average Bonchev–Trinajstić information content (AvgIpc) is 3.16. The largest absolute Gasteiger partial charge is 0.418 e. The Morgan fingerprint density at radius 2 is 1.95 bits per heavy atom. The molecule has 0 bridgehead atoms. The molecule has 1 saturated heterocycles. The molecule has 0 atom stereocenters. The minimum Gasteiger partial charge on any atom is -0.370 e. The summed E-state index contributed by atoms with van der Waals surface area (Å²) >= 11 is 0. The van der Waals surface area contributed by atoms with E-state index in [1.807, 2.05) is 4.90 Å². The Balaban J connectivity index is 1.98. The molecule has 1 aliphatic carbocycles. The second-order valence-electron chi connectivity index (χ2n) is 5.87. The molecule has 1 heterocycles. The van der Waals surface area contributed by atoms with E-state index in [1.165, 1.54) is 12.1 Å². The van der Waals surface area contributed by atoms with Crippen LogP contribution in [0.25, 0.3) is 0 Å². The van der Waals surface area contributed by atoms with Crippen LogP contribution < -0.4 is 4.90 Å². The molecule has 0 unspecified atom stereocenters. The van der Waals surface area contributed by atoms with Gasteiger partial charge in [0.2, 0.25) is 0 Å². The molecule has 1 spiro atoms. The number of alkyl halides is 3. The first-order valence-electron chi connectivity index (χ1n) is 6.80. The van der Waals surface area contributed by atoms with E-state index in [4.69, 9.17) is 5.26 Å². The predicted molar refractivity (Wildman–Crippen MR) is 69.3 cm³/mol. The monoisotopic (exact) mass is 280 g/mol. The molecule has 2 aliphatic rings. The van der Waals surface area contributed by atoms with Crippen LogP contribution in [0.15, 0.2) is 18.2 Å². The third-order valence-electron chi connectivity index (χ3n) is 4.39. The lowest BCUT2D eigenvalue weighted by Crippen LogP contribution is -2.37. The summed E-state index contributed by atoms with van der Waals surface area (Å²) in [6, 6.07) is 5.66. The van der Waals surface area contributed by atoms with Crippen molar-refractivity contribution in [2.75, 3.05) is 18.0 Å². The highest BCUT2D eigenvalue weighted by Gasteiger charge is 2.46. The fourth-order valence-electron chi connectivity index (χ4n) is 3.11. The number of rotatable bonds is 1. The normalized spacial score (nSPS) is 20.8. The van der Waals surface area contributed by atoms with E-state index in [0.717, 1.165) is 31.7 Å². The van der Waals surface area contributed by atoms with Crippen LogP contribution in [0.3, 0.4) is 0 Å². The number of nitrogens with zero attached hydrogens (tertiary/aromatic N) is 2. The lowest BCUT2D eigenvalue weighted by Gasteiger charge is -2.36. The van der Waals surface area contributed by atoms with Crippen molar-refractivity contribution in [1.82, 2.24) is 0 Å². The Bertz CT molecular complexity index is 567. The molecule has 0 radical (unpaired) electrons. The van der Waals surface area contributed by atoms with Gasteiger partial charge in [-0.2, -0.15) is 18.4 Å². The van der Waals surface area contributed by atoms with Gasteiger partial charge in [0, 0.05) is 18.8 Å². The quantitative estimate of drug-likeness (QED) is 0.778. The minimum atomic E-state index is -4.42. The Hall–Kier alpha value is -1.70. The van der Waals surface area contributed by atoms with Crippen LogP contribution >= 0.6 is 0 Å². The standard InChI is InChI=1S/C15H15F3N2/c16-15(17,18)12-8-11(9-19)2-3-13(12)20-7-1-4-14(10-20)5-6-14/h2-3,8H,1,4-7,10H2. The first-order valence-corrected chi connectivity index (χ1v) is 6.80. The van der Waals surface area contributed by atoms with Gasteiger partial charge < -0.3 is 4.90 Å². The summed E-state index contributed by atoms with van der Waals surface area (Å²) < 4.78 is 39.6. The van der Waals surface area contributed by atoms with E-state index < -0.39 is 11.7 Å². The van der Waals surface area contributed by atoms with Crippen molar-refractivity contribution >= 4 is 5.69 Å². The van der Waals surface area contributed by atoms with Crippen LogP contribution in [-0.2, 0) is 6.18 Å². The van der Waals surface area contributed by atoms with E-state index in [-0.39, 0.29) is 16.7 Å². The number of hydrogen-bond donors (Lipinski definition) is 0. The zero-order valence-electron chi connectivity index (χ0n) is 11.0. The maximum absolute atomic E-state index is 13.2. The number of piperidine rings is 1. The van der Waals surface area contributed by atoms with Crippen LogP contribution in [0.1, 0.15) is 36.8 Å². The summed E-state index contributed by atoms with van der Waals surface area (Å²) in [6.07, 6.45) is -0.100. The van der Waals surface area contributed by atoms with Gasteiger partial charge in [-0.3, -0.25) is 0 Å². The van der Waals surface area contributed by atoms with Crippen molar-refractivity contribution in [3.8, 4) is 6.07 Å². The van der Waals surface area contributed by atoms with E-state index in [0.29, 0.717) is 13.1 Å². The van der Waals surface area contributed by atoms with Gasteiger partial charge in [-0.25, -0.2) is 0 Å². The fraction of sp³-hybridized carbons (Fsp3) is 0.533. The SMILES string of the molecule is N#Cc1ccc(N2CCCC3(CC3)C2)c(C(F)(F)F)c1. The lowest BCUT2D eigenvalue weighted by atomic mass is 9.94. The summed E-state index contributed by atoms with van der Waals surface area (Å²) in [6.45, 7) is 1.37. The molecule has 1 saturated carbocycles. The van der Waals surface area contributed by atoms with Crippen molar-refractivity contribution < 1.29 is 13.2 Å². The lowest BCUT2D eigenvalue weighted by molar-refractivity contribution is -0.137. The molecule has 1 aromatic rings. The topological polar surface area (TPSA) is 27.0 Å². The van der Waals surface area contributed by atoms with Crippen molar-refractivity contribution in [2.45, 2.75) is 31.9 Å². The number of nitriles is 1. The van der Waals surface area contributed by atoms with Crippen LogP contribution in [-0.4, -0.2) is 13.1 Å². The van der Waals surface area contributed by atoms with Gasteiger partial charge in [-0.15, -0.1) is 0 Å². The molecule has 2 fully saturated rings. The predicted octanol–water partition coefficient (Wildman–Crippen LogP) is 3.96. The van der Waals surface area contributed by atoms with Gasteiger partial charge in [0.05, 0.1) is 17.2 Å². The van der Waals surface area contributed by atoms with E-state index in [1.54, 1.807) is 6.07 Å². The number of halogens is 3. The second-order valence-corrected chi connectivity index (χ2v) is 5.87. The first kappa shape index (κ1) is 13.3. The third kappa shape index (κ3) is 2.35. The van der Waals surface area contributed by atoms with E-state index in [2.05, 4.69) is 0 Å². The summed E-state index contributed by atoms with van der Waals surface area (Å²) in [4.78, 5) is 1.85. The molecule has 1 aromatic carbocycles. The highest BCUT2D eigenvalue weighted by atomic mass is 19.4. The molecule has 0 N–H and O–H groups in total. The molecule has 2 nitrogen and oxygen atoms in total. The molecule has 0 aromatic heterocycles. The molecule has 20 heavy (non-hydrogen) atoms. The van der Waals surface area contributed by atoms with E-state index in [9.17, 15) is 13.2 Å². The molecule has 106 valence electrons. The molecular weight excluding hydrogens is 265 g/mol. The van der Waals surface area contributed by atoms with Gasteiger partial charge >= 0.3 is 6.18 Å². The second kappa shape index (κ2) is 4.41. The van der Waals surface area contributed by atoms with Crippen molar-refractivity contribution in [2.24, 2.45) is 5.41 Å². The molecular formula is C15H15F3N2. The van der Waals surface area contributed by atoms with Crippen molar-refractivity contribution in [1.29, 1.82) is 5.26 Å². The zero-order chi connectivity index (χ0) is 14.4. The summed E-state index contributed by atoms with van der Waals surface area (Å²) in [5.41, 5.74) is -0.148. The minimum absolute atomic E-state index is 0.0548. The van der Waals surface area contributed by atoms with Gasteiger partial charge in [0.1, 0.15) is 0 Å². The summed E-state index contributed by atoms with van der Waals surface area (Å²) in [7, 11) is 0. The molecule has 3 rings (SSSR count). The number of hydrogen-bond acceptors (Lipinski definition) is 2. The highest BCUT2D eigenvalue weighted by molar-refractivity contribution is 5.58. The maximum Gasteiger partial charge on any atom is 0.418 e. The van der Waals surface area contributed by atoms with Crippen LogP contribution in [0.4, 0.5) is 18.9 Å².